The lowest BCUT2D eigenvalue weighted by Crippen LogP contribution is -2.36. The topological polar surface area (TPSA) is 88.2 Å². The minimum absolute atomic E-state index is 0.253. The predicted molar refractivity (Wildman–Crippen MR) is 149 cm³/mol. The molecule has 2 saturated heterocycles. The monoisotopic (exact) mass is 705 g/mol. The molecule has 3 amide bonds. The Hall–Kier alpha value is -1.84. The summed E-state index contributed by atoms with van der Waals surface area (Å²) in [6, 6.07) is 11.3. The van der Waals surface area contributed by atoms with Crippen LogP contribution in [0.3, 0.4) is 0 Å². The number of hydrogen-bond acceptors (Lipinski definition) is 7. The summed E-state index contributed by atoms with van der Waals surface area (Å²) in [4.78, 5) is 41.3. The molecule has 4 rings (SSSR count). The molecule has 2 aliphatic heterocycles. The Morgan fingerprint density at radius 1 is 1.18 bits per heavy atom. The zero-order valence-corrected chi connectivity index (χ0v) is 23.3. The molecule has 0 spiro atoms. The van der Waals surface area contributed by atoms with E-state index in [2.05, 4.69) is 55.4 Å². The Labute approximate surface area is 228 Å². The van der Waals surface area contributed by atoms with Crippen molar-refractivity contribution in [1.82, 2.24) is 4.90 Å². The molecule has 34 heavy (non-hydrogen) atoms. The number of anilines is 2. The van der Waals surface area contributed by atoms with Crippen molar-refractivity contribution in [2.75, 3.05) is 50.2 Å². The van der Waals surface area contributed by atoms with Gasteiger partial charge in [0.15, 0.2) is 0 Å². The van der Waals surface area contributed by atoms with E-state index < -0.39 is 17.1 Å². The Balaban J connectivity index is 1.41. The van der Waals surface area contributed by atoms with Crippen LogP contribution in [0.2, 0.25) is 0 Å². The van der Waals surface area contributed by atoms with E-state index in [0.717, 1.165) is 42.6 Å². The summed E-state index contributed by atoms with van der Waals surface area (Å²) in [5, 5.41) is 2.28. The number of benzene rings is 2. The van der Waals surface area contributed by atoms with Gasteiger partial charge in [0.2, 0.25) is 5.91 Å². The molecule has 2 aliphatic rings. The second-order valence-corrected chi connectivity index (χ2v) is 10.9. The average Bonchev–Trinajstić information content (AvgIpc) is 3.07. The predicted octanol–water partition coefficient (Wildman–Crippen LogP) is 4.42. The highest BCUT2D eigenvalue weighted by atomic mass is 127. The van der Waals surface area contributed by atoms with E-state index >= 15 is 0 Å². The van der Waals surface area contributed by atoms with Crippen LogP contribution in [0.25, 0.3) is 6.08 Å². The van der Waals surface area contributed by atoms with Crippen LogP contribution in [0.15, 0.2) is 41.3 Å². The summed E-state index contributed by atoms with van der Waals surface area (Å²) >= 11 is 5.16. The first-order valence-electron chi connectivity index (χ1n) is 10.4. The summed E-state index contributed by atoms with van der Waals surface area (Å²) in [7, 11) is 1.56. The van der Waals surface area contributed by atoms with Gasteiger partial charge in [-0.1, -0.05) is 0 Å². The molecule has 0 unspecified atom stereocenters. The first-order valence-corrected chi connectivity index (χ1v) is 13.3. The second kappa shape index (κ2) is 11.3. The largest absolute Gasteiger partial charge is 0.495 e. The molecule has 8 nitrogen and oxygen atoms in total. The fraction of sp³-hybridized carbons (Fsp3) is 0.261. The molecule has 0 aromatic heterocycles. The van der Waals surface area contributed by atoms with E-state index in [1.54, 1.807) is 25.3 Å². The van der Waals surface area contributed by atoms with E-state index in [9.17, 15) is 14.4 Å². The van der Waals surface area contributed by atoms with E-state index in [1.807, 2.05) is 24.3 Å². The Morgan fingerprint density at radius 3 is 2.56 bits per heavy atom. The molecule has 0 bridgehead atoms. The molecule has 2 aromatic rings. The fourth-order valence-electron chi connectivity index (χ4n) is 3.60. The Morgan fingerprint density at radius 2 is 1.88 bits per heavy atom. The van der Waals surface area contributed by atoms with Crippen molar-refractivity contribution in [1.29, 1.82) is 0 Å². The number of morpholine rings is 1. The SMILES string of the molecule is COc1c(I)cc(I)cc1/C=C1/SC(=O)N(CC(=O)Nc2ccc(N3CCOCC3)cc2)C1=O. The lowest BCUT2D eigenvalue weighted by Gasteiger charge is -2.28. The number of carbonyl (C=O) groups excluding carboxylic acids is 3. The van der Waals surface area contributed by atoms with Crippen molar-refractivity contribution in [3.8, 4) is 5.75 Å². The van der Waals surface area contributed by atoms with Crippen molar-refractivity contribution in [2.24, 2.45) is 0 Å². The van der Waals surface area contributed by atoms with Crippen LogP contribution in [0.5, 0.6) is 5.75 Å². The van der Waals surface area contributed by atoms with Gasteiger partial charge in [-0.25, -0.2) is 0 Å². The molecule has 178 valence electrons. The maximum atomic E-state index is 12.9. The van der Waals surface area contributed by atoms with Gasteiger partial charge < -0.3 is 19.7 Å². The number of ether oxygens (including phenoxy) is 2. The number of nitrogens with one attached hydrogen (secondary N) is 1. The van der Waals surface area contributed by atoms with Crippen molar-refractivity contribution >= 4 is 91.4 Å². The van der Waals surface area contributed by atoms with Gasteiger partial charge in [-0.3, -0.25) is 19.3 Å². The van der Waals surface area contributed by atoms with Gasteiger partial charge >= 0.3 is 0 Å². The number of amides is 3. The number of carbonyl (C=O) groups is 3. The number of halogens is 2. The molecule has 0 atom stereocenters. The van der Waals surface area contributed by atoms with Crippen molar-refractivity contribution in [3.63, 3.8) is 0 Å². The van der Waals surface area contributed by atoms with Crippen LogP contribution in [-0.4, -0.2) is 61.9 Å². The summed E-state index contributed by atoms with van der Waals surface area (Å²) in [5.41, 5.74) is 2.36. The Kier molecular flexibility index (Phi) is 8.37. The van der Waals surface area contributed by atoms with Gasteiger partial charge in [-0.2, -0.15) is 0 Å². The number of imide groups is 1. The van der Waals surface area contributed by atoms with Gasteiger partial charge in [-0.15, -0.1) is 0 Å². The summed E-state index contributed by atoms with van der Waals surface area (Å²) < 4.78 is 12.7. The van der Waals surface area contributed by atoms with Gasteiger partial charge in [0.25, 0.3) is 11.1 Å². The number of methoxy groups -OCH3 is 1. The number of nitrogens with zero attached hydrogens (tertiary/aromatic N) is 2. The lowest BCUT2D eigenvalue weighted by atomic mass is 10.2. The van der Waals surface area contributed by atoms with Gasteiger partial charge in [-0.05, 0) is 99.4 Å². The quantitative estimate of drug-likeness (QED) is 0.352. The first kappa shape index (κ1) is 25.3. The minimum atomic E-state index is -0.497. The van der Waals surface area contributed by atoms with Crippen LogP contribution in [0, 0.1) is 7.14 Å². The highest BCUT2D eigenvalue weighted by molar-refractivity contribution is 14.1. The molecule has 2 fully saturated rings. The highest BCUT2D eigenvalue weighted by Crippen LogP contribution is 2.36. The zero-order valence-electron chi connectivity index (χ0n) is 18.2. The minimum Gasteiger partial charge on any atom is -0.495 e. The van der Waals surface area contributed by atoms with E-state index in [4.69, 9.17) is 9.47 Å². The second-order valence-electron chi connectivity index (χ2n) is 7.47. The number of thioether (sulfide) groups is 1. The van der Waals surface area contributed by atoms with Crippen molar-refractivity contribution in [3.05, 3.63) is 54.0 Å². The maximum absolute atomic E-state index is 12.9. The number of hydrogen-bond donors (Lipinski definition) is 1. The molecule has 1 N–H and O–H groups in total. The third kappa shape index (κ3) is 5.86. The van der Waals surface area contributed by atoms with Crippen molar-refractivity contribution in [2.45, 2.75) is 0 Å². The molecule has 2 heterocycles. The molecule has 0 radical (unpaired) electrons. The van der Waals surface area contributed by atoms with Gasteiger partial charge in [0.05, 0.1) is 28.8 Å². The van der Waals surface area contributed by atoms with Crippen LogP contribution in [0.4, 0.5) is 16.2 Å². The first-order chi connectivity index (χ1) is 16.4. The average molecular weight is 705 g/mol. The summed E-state index contributed by atoms with van der Waals surface area (Å²) in [6.45, 7) is 2.69. The third-order valence-corrected chi connectivity index (χ3v) is 7.56. The smallest absolute Gasteiger partial charge is 0.294 e. The zero-order chi connectivity index (χ0) is 24.2. The van der Waals surface area contributed by atoms with Crippen LogP contribution in [0.1, 0.15) is 5.56 Å². The lowest BCUT2D eigenvalue weighted by molar-refractivity contribution is -0.127. The third-order valence-electron chi connectivity index (χ3n) is 5.23. The maximum Gasteiger partial charge on any atom is 0.294 e. The molecular formula is C23H21I2N3O5S. The molecule has 0 aliphatic carbocycles. The highest BCUT2D eigenvalue weighted by Gasteiger charge is 2.36. The molecule has 2 aromatic carbocycles. The summed E-state index contributed by atoms with van der Waals surface area (Å²) in [5.74, 6) is -0.307. The summed E-state index contributed by atoms with van der Waals surface area (Å²) in [6.07, 6.45) is 1.64. The standard InChI is InChI=1S/C23H21I2N3O5S/c1-32-21-14(10-15(24)12-18(21)25)11-19-22(30)28(23(31)34-19)13-20(29)26-16-2-4-17(5-3-16)27-6-8-33-9-7-27/h2-5,10-12H,6-9,13H2,1H3,(H,26,29)/b19-11+. The van der Waals surface area contributed by atoms with Crippen molar-refractivity contribution < 1.29 is 23.9 Å². The normalized spacial score (nSPS) is 17.4. The van der Waals surface area contributed by atoms with E-state index in [0.29, 0.717) is 30.2 Å². The molecule has 0 saturated carbocycles. The number of rotatable bonds is 6. The fourth-order valence-corrected chi connectivity index (χ4v) is 6.54. The van der Waals surface area contributed by atoms with Crippen LogP contribution in [-0.2, 0) is 14.3 Å². The van der Waals surface area contributed by atoms with E-state index in [-0.39, 0.29) is 11.4 Å². The van der Waals surface area contributed by atoms with Gasteiger partial charge in [0, 0.05) is 33.6 Å². The van der Waals surface area contributed by atoms with E-state index in [1.165, 1.54) is 0 Å². The Bertz CT molecular complexity index is 1150. The van der Waals surface area contributed by atoms with Crippen LogP contribution >= 0.6 is 56.9 Å². The van der Waals surface area contributed by atoms with Crippen LogP contribution < -0.4 is 15.0 Å². The molecular weight excluding hydrogens is 684 g/mol. The van der Waals surface area contributed by atoms with Gasteiger partial charge in [0.1, 0.15) is 12.3 Å². The molecule has 11 heteroatoms.